The van der Waals surface area contributed by atoms with Crippen LogP contribution in [-0.4, -0.2) is 0 Å². The van der Waals surface area contributed by atoms with Crippen LogP contribution in [0.15, 0.2) is 29.8 Å². The summed E-state index contributed by atoms with van der Waals surface area (Å²) in [5, 5.41) is 8.64. The molecule has 1 aromatic carbocycles. The van der Waals surface area contributed by atoms with Crippen LogP contribution in [0.3, 0.4) is 0 Å². The lowest BCUT2D eigenvalue weighted by Gasteiger charge is -2.12. The molecule has 0 aliphatic rings. The fourth-order valence-corrected chi connectivity index (χ4v) is 1.71. The Morgan fingerprint density at radius 3 is 2.41 bits per heavy atom. The SMILES string of the molecule is CCC(C#N)=C(Cl)c1ccccc1C(F)(F)F. The third kappa shape index (κ3) is 3.01. The van der Waals surface area contributed by atoms with Crippen molar-refractivity contribution < 1.29 is 13.2 Å². The van der Waals surface area contributed by atoms with Crippen molar-refractivity contribution in [3.05, 3.63) is 41.0 Å². The standard InChI is InChI=1S/C12H9ClF3N/c1-2-8(7-17)11(13)9-5-3-4-6-10(9)12(14,15)16/h3-6H,2H2,1H3. The van der Waals surface area contributed by atoms with Gasteiger partial charge in [-0.05, 0) is 12.5 Å². The summed E-state index contributed by atoms with van der Waals surface area (Å²) in [4.78, 5) is 0. The van der Waals surface area contributed by atoms with Crippen molar-refractivity contribution in [2.75, 3.05) is 0 Å². The number of alkyl halides is 3. The number of hydrogen-bond donors (Lipinski definition) is 0. The Labute approximate surface area is 102 Å². The van der Waals surface area contributed by atoms with Gasteiger partial charge in [0.2, 0.25) is 0 Å². The number of rotatable bonds is 2. The van der Waals surface area contributed by atoms with Gasteiger partial charge in [-0.3, -0.25) is 0 Å². The second-order valence-electron chi connectivity index (χ2n) is 3.30. The predicted octanol–water partition coefficient (Wildman–Crippen LogP) is 4.59. The van der Waals surface area contributed by atoms with Crippen LogP contribution in [0, 0.1) is 11.3 Å². The van der Waals surface area contributed by atoms with Crippen LogP contribution in [0.25, 0.3) is 5.03 Å². The van der Waals surface area contributed by atoms with Gasteiger partial charge in [-0.15, -0.1) is 0 Å². The lowest BCUT2D eigenvalue weighted by atomic mass is 10.0. The van der Waals surface area contributed by atoms with E-state index in [1.165, 1.54) is 18.2 Å². The molecule has 0 aliphatic heterocycles. The molecule has 0 fully saturated rings. The molecule has 0 unspecified atom stereocenters. The van der Waals surface area contributed by atoms with E-state index in [0.717, 1.165) is 6.07 Å². The number of hydrogen-bond acceptors (Lipinski definition) is 1. The van der Waals surface area contributed by atoms with Crippen molar-refractivity contribution in [2.45, 2.75) is 19.5 Å². The summed E-state index contributed by atoms with van der Waals surface area (Å²) in [5.74, 6) is 0. The molecule has 1 aromatic rings. The zero-order valence-corrected chi connectivity index (χ0v) is 9.73. The highest BCUT2D eigenvalue weighted by Crippen LogP contribution is 2.37. The average molecular weight is 260 g/mol. The minimum atomic E-state index is -4.48. The van der Waals surface area contributed by atoms with Gasteiger partial charge in [-0.25, -0.2) is 0 Å². The molecule has 0 spiro atoms. The molecule has 1 rings (SSSR count). The van der Waals surface area contributed by atoms with Crippen LogP contribution in [0.2, 0.25) is 0 Å². The quantitative estimate of drug-likeness (QED) is 0.713. The van der Waals surface area contributed by atoms with Gasteiger partial charge < -0.3 is 0 Å². The van der Waals surface area contributed by atoms with Crippen LogP contribution in [0.1, 0.15) is 24.5 Å². The Hall–Kier alpha value is -1.47. The first kappa shape index (κ1) is 13.6. The molecular formula is C12H9ClF3N. The Balaban J connectivity index is 3.44. The van der Waals surface area contributed by atoms with Crippen molar-refractivity contribution in [2.24, 2.45) is 0 Å². The molecular weight excluding hydrogens is 251 g/mol. The maximum Gasteiger partial charge on any atom is 0.417 e. The molecule has 0 bridgehead atoms. The van der Waals surface area contributed by atoms with E-state index >= 15 is 0 Å². The third-order valence-corrected chi connectivity index (χ3v) is 2.65. The predicted molar refractivity (Wildman–Crippen MR) is 60.1 cm³/mol. The van der Waals surface area contributed by atoms with Gasteiger partial charge >= 0.3 is 6.18 Å². The molecule has 0 N–H and O–H groups in total. The average Bonchev–Trinajstić information content (AvgIpc) is 2.29. The Morgan fingerprint density at radius 2 is 1.94 bits per heavy atom. The van der Waals surface area contributed by atoms with E-state index in [9.17, 15) is 13.2 Å². The minimum absolute atomic E-state index is 0.136. The fourth-order valence-electron chi connectivity index (χ4n) is 1.37. The van der Waals surface area contributed by atoms with Crippen molar-refractivity contribution in [3.8, 4) is 6.07 Å². The van der Waals surface area contributed by atoms with Gasteiger partial charge in [0, 0.05) is 11.1 Å². The second kappa shape index (κ2) is 5.24. The Morgan fingerprint density at radius 1 is 1.35 bits per heavy atom. The summed E-state index contributed by atoms with van der Waals surface area (Å²) in [7, 11) is 0. The molecule has 90 valence electrons. The van der Waals surface area contributed by atoms with Gasteiger partial charge in [-0.2, -0.15) is 18.4 Å². The van der Waals surface area contributed by atoms with Crippen LogP contribution < -0.4 is 0 Å². The second-order valence-corrected chi connectivity index (χ2v) is 3.68. The maximum atomic E-state index is 12.7. The smallest absolute Gasteiger partial charge is 0.193 e. The summed E-state index contributed by atoms with van der Waals surface area (Å²) < 4.78 is 38.1. The zero-order valence-electron chi connectivity index (χ0n) is 8.98. The molecule has 1 nitrogen and oxygen atoms in total. The fraction of sp³-hybridized carbons (Fsp3) is 0.250. The monoisotopic (exact) mass is 259 g/mol. The summed E-state index contributed by atoms with van der Waals surface area (Å²) in [6.45, 7) is 1.66. The van der Waals surface area contributed by atoms with Gasteiger partial charge in [-0.1, -0.05) is 36.7 Å². The number of halogens is 4. The van der Waals surface area contributed by atoms with E-state index in [4.69, 9.17) is 16.9 Å². The van der Waals surface area contributed by atoms with E-state index in [1.807, 2.05) is 6.07 Å². The molecule has 0 saturated heterocycles. The summed E-state index contributed by atoms with van der Waals surface area (Å²) in [6, 6.07) is 6.76. The topological polar surface area (TPSA) is 23.8 Å². The first-order valence-corrected chi connectivity index (χ1v) is 5.25. The van der Waals surface area contributed by atoms with Crippen LogP contribution in [0.5, 0.6) is 0 Å². The molecule has 0 heterocycles. The van der Waals surface area contributed by atoms with Crippen molar-refractivity contribution >= 4 is 16.6 Å². The third-order valence-electron chi connectivity index (χ3n) is 2.22. The minimum Gasteiger partial charge on any atom is -0.193 e. The number of allylic oxidation sites excluding steroid dienone is 1. The van der Waals surface area contributed by atoms with E-state index in [0.29, 0.717) is 6.42 Å². The number of nitrogens with zero attached hydrogens (tertiary/aromatic N) is 1. The first-order chi connectivity index (χ1) is 7.91. The van der Waals surface area contributed by atoms with Crippen molar-refractivity contribution in [3.63, 3.8) is 0 Å². The van der Waals surface area contributed by atoms with Crippen LogP contribution in [0.4, 0.5) is 13.2 Å². The van der Waals surface area contributed by atoms with Crippen molar-refractivity contribution in [1.82, 2.24) is 0 Å². The summed E-state index contributed by atoms with van der Waals surface area (Å²) >= 11 is 5.84. The number of nitriles is 1. The first-order valence-electron chi connectivity index (χ1n) is 4.87. The van der Waals surface area contributed by atoms with Gasteiger partial charge in [0.25, 0.3) is 0 Å². The van der Waals surface area contributed by atoms with Gasteiger partial charge in [0.15, 0.2) is 0 Å². The van der Waals surface area contributed by atoms with Gasteiger partial charge in [0.05, 0.1) is 16.7 Å². The van der Waals surface area contributed by atoms with Crippen LogP contribution in [-0.2, 0) is 6.18 Å². The lowest BCUT2D eigenvalue weighted by molar-refractivity contribution is -0.137. The van der Waals surface area contributed by atoms with Gasteiger partial charge in [0.1, 0.15) is 0 Å². The highest BCUT2D eigenvalue weighted by molar-refractivity contribution is 6.49. The molecule has 17 heavy (non-hydrogen) atoms. The van der Waals surface area contributed by atoms with E-state index in [2.05, 4.69) is 0 Å². The Bertz CT molecular complexity index is 483. The molecule has 0 saturated carbocycles. The number of benzene rings is 1. The highest BCUT2D eigenvalue weighted by atomic mass is 35.5. The lowest BCUT2D eigenvalue weighted by Crippen LogP contribution is -2.08. The van der Waals surface area contributed by atoms with E-state index in [-0.39, 0.29) is 16.2 Å². The molecule has 0 aromatic heterocycles. The Kier molecular flexibility index (Phi) is 4.19. The molecule has 5 heteroatoms. The molecule has 0 aliphatic carbocycles. The van der Waals surface area contributed by atoms with E-state index < -0.39 is 11.7 Å². The van der Waals surface area contributed by atoms with E-state index in [1.54, 1.807) is 6.92 Å². The normalized spacial score (nSPS) is 12.9. The zero-order chi connectivity index (χ0) is 13.1. The molecule has 0 radical (unpaired) electrons. The summed E-state index contributed by atoms with van der Waals surface area (Å²) in [5.41, 5.74) is -0.838. The maximum absolute atomic E-state index is 12.7. The largest absolute Gasteiger partial charge is 0.417 e. The van der Waals surface area contributed by atoms with Crippen LogP contribution >= 0.6 is 11.6 Å². The highest BCUT2D eigenvalue weighted by Gasteiger charge is 2.33. The molecule has 0 atom stereocenters. The van der Waals surface area contributed by atoms with Crippen molar-refractivity contribution in [1.29, 1.82) is 5.26 Å². The molecule has 0 amide bonds. The summed E-state index contributed by atoms with van der Waals surface area (Å²) in [6.07, 6.45) is -4.19.